The predicted octanol–water partition coefficient (Wildman–Crippen LogP) is 4.35. The van der Waals surface area contributed by atoms with Gasteiger partial charge in [-0.25, -0.2) is 0 Å². The first-order chi connectivity index (χ1) is 12.9. The second-order valence-electron chi connectivity index (χ2n) is 7.26. The Kier molecular flexibility index (Phi) is 5.49. The number of aromatic hydroxyl groups is 1. The zero-order valence-electron chi connectivity index (χ0n) is 16.5. The lowest BCUT2D eigenvalue weighted by Crippen LogP contribution is -2.27. The number of carbonyl (C=O) groups excluding carboxylic acids is 1. The van der Waals surface area contributed by atoms with Crippen LogP contribution < -0.4 is 0 Å². The molecule has 0 aliphatic heterocycles. The summed E-state index contributed by atoms with van der Waals surface area (Å²) in [7, 11) is 1.77. The van der Waals surface area contributed by atoms with E-state index in [1.54, 1.807) is 24.1 Å². The molecular formula is C22H27N3O2. The summed E-state index contributed by atoms with van der Waals surface area (Å²) in [5.74, 6) is -0.182. The molecule has 142 valence electrons. The summed E-state index contributed by atoms with van der Waals surface area (Å²) in [4.78, 5) is 14.4. The quantitative estimate of drug-likeness (QED) is 0.682. The highest BCUT2D eigenvalue weighted by Crippen LogP contribution is 2.28. The van der Waals surface area contributed by atoms with Crippen LogP contribution in [0.1, 0.15) is 52.5 Å². The van der Waals surface area contributed by atoms with E-state index in [1.165, 1.54) is 16.7 Å². The van der Waals surface area contributed by atoms with E-state index < -0.39 is 0 Å². The lowest BCUT2D eigenvalue weighted by atomic mass is 10.0. The van der Waals surface area contributed by atoms with Crippen molar-refractivity contribution in [2.75, 3.05) is 13.6 Å². The number of fused-ring (bicyclic) bond motifs is 1. The van der Waals surface area contributed by atoms with Gasteiger partial charge in [-0.2, -0.15) is 5.10 Å². The van der Waals surface area contributed by atoms with Crippen molar-refractivity contribution in [3.63, 3.8) is 0 Å². The molecule has 0 aliphatic rings. The summed E-state index contributed by atoms with van der Waals surface area (Å²) < 4.78 is 0. The molecule has 0 aliphatic carbocycles. The minimum atomic E-state index is -0.166. The van der Waals surface area contributed by atoms with Gasteiger partial charge in [0.2, 0.25) is 0 Å². The number of carbonyl (C=O) groups is 1. The van der Waals surface area contributed by atoms with Crippen LogP contribution in [0.15, 0.2) is 30.3 Å². The van der Waals surface area contributed by atoms with E-state index in [2.05, 4.69) is 49.2 Å². The highest BCUT2D eigenvalue weighted by atomic mass is 16.3. The summed E-state index contributed by atoms with van der Waals surface area (Å²) in [6, 6.07) is 9.74. The number of nitrogens with one attached hydrogen (secondary N) is 1. The monoisotopic (exact) mass is 365 g/mol. The zero-order valence-corrected chi connectivity index (χ0v) is 16.5. The van der Waals surface area contributed by atoms with E-state index >= 15 is 0 Å². The molecule has 3 aromatic rings. The Morgan fingerprint density at radius 1 is 1.19 bits per heavy atom. The average Bonchev–Trinajstić information content (AvgIpc) is 3.03. The molecule has 1 heterocycles. The van der Waals surface area contributed by atoms with Gasteiger partial charge in [0.1, 0.15) is 5.75 Å². The fraction of sp³-hybridized carbons (Fsp3) is 0.364. The number of amides is 1. The molecular weight excluding hydrogens is 338 g/mol. The van der Waals surface area contributed by atoms with Crippen molar-refractivity contribution in [2.45, 2.75) is 40.0 Å². The Morgan fingerprint density at radius 3 is 2.67 bits per heavy atom. The van der Waals surface area contributed by atoms with Crippen LogP contribution in [0.2, 0.25) is 0 Å². The van der Waals surface area contributed by atoms with Crippen LogP contribution in [0.25, 0.3) is 10.9 Å². The zero-order chi connectivity index (χ0) is 19.6. The molecule has 5 nitrogen and oxygen atoms in total. The number of aromatic amines is 1. The summed E-state index contributed by atoms with van der Waals surface area (Å²) in [6.07, 6.45) is 2.63. The van der Waals surface area contributed by atoms with Crippen molar-refractivity contribution in [3.8, 4) is 5.75 Å². The molecule has 2 N–H and O–H groups in total. The van der Waals surface area contributed by atoms with Crippen molar-refractivity contribution < 1.29 is 9.90 Å². The topological polar surface area (TPSA) is 69.2 Å². The first-order valence-corrected chi connectivity index (χ1v) is 9.42. The second kappa shape index (κ2) is 7.82. The smallest absolute Gasteiger partial charge is 0.257 e. The Hall–Kier alpha value is -2.82. The van der Waals surface area contributed by atoms with Gasteiger partial charge in [-0.3, -0.25) is 9.89 Å². The first-order valence-electron chi connectivity index (χ1n) is 9.42. The van der Waals surface area contributed by atoms with E-state index in [1.807, 2.05) is 0 Å². The molecule has 0 bridgehead atoms. The Balaban J connectivity index is 1.94. The van der Waals surface area contributed by atoms with Crippen LogP contribution in [0.5, 0.6) is 5.75 Å². The molecule has 27 heavy (non-hydrogen) atoms. The van der Waals surface area contributed by atoms with Gasteiger partial charge in [-0.15, -0.1) is 0 Å². The molecule has 0 unspecified atom stereocenters. The predicted molar refractivity (Wildman–Crippen MR) is 108 cm³/mol. The van der Waals surface area contributed by atoms with E-state index in [0.29, 0.717) is 18.5 Å². The van der Waals surface area contributed by atoms with Crippen molar-refractivity contribution >= 4 is 16.8 Å². The number of aryl methyl sites for hydroxylation is 2. The summed E-state index contributed by atoms with van der Waals surface area (Å²) in [6.45, 7) is 6.96. The van der Waals surface area contributed by atoms with Gasteiger partial charge in [-0.05, 0) is 43.0 Å². The third-order valence-electron chi connectivity index (χ3n) is 5.13. The molecule has 0 atom stereocenters. The lowest BCUT2D eigenvalue weighted by molar-refractivity contribution is 0.0790. The largest absolute Gasteiger partial charge is 0.507 e. The van der Waals surface area contributed by atoms with Crippen molar-refractivity contribution in [3.05, 3.63) is 58.3 Å². The minimum absolute atomic E-state index is 0.0165. The minimum Gasteiger partial charge on any atom is -0.507 e. The fourth-order valence-corrected chi connectivity index (χ4v) is 3.22. The number of unbranched alkanes of at least 4 members (excludes halogenated alkanes) is 1. The number of nitrogens with zero attached hydrogens (tertiary/aromatic N) is 2. The SMILES string of the molecule is CCCCN(C)C(=O)c1cc2c(Cc3ccc(C)c(C)c3)n[nH]c2cc1O. The lowest BCUT2D eigenvalue weighted by Gasteiger charge is -2.17. The standard InChI is InChI=1S/C22H27N3O2/c1-5-6-9-25(4)22(27)18-12-17-19(23-24-20(17)13-21(18)26)11-16-8-7-14(2)15(3)10-16/h7-8,10,12-13,26H,5-6,9,11H2,1-4H3,(H,23,24). The number of rotatable bonds is 6. The van der Waals surface area contributed by atoms with Crippen molar-refractivity contribution in [1.29, 1.82) is 0 Å². The molecule has 0 saturated carbocycles. The molecule has 5 heteroatoms. The van der Waals surface area contributed by atoms with Crippen molar-refractivity contribution in [1.82, 2.24) is 15.1 Å². The van der Waals surface area contributed by atoms with E-state index in [9.17, 15) is 9.90 Å². The highest BCUT2D eigenvalue weighted by molar-refractivity contribution is 6.01. The van der Waals surface area contributed by atoms with E-state index in [0.717, 1.165) is 29.4 Å². The van der Waals surface area contributed by atoms with Gasteiger partial charge in [0.05, 0.1) is 16.8 Å². The van der Waals surface area contributed by atoms with E-state index in [-0.39, 0.29) is 11.7 Å². The van der Waals surface area contributed by atoms with E-state index in [4.69, 9.17) is 0 Å². The van der Waals surface area contributed by atoms with Gasteiger partial charge < -0.3 is 10.0 Å². The van der Waals surface area contributed by atoms with Crippen LogP contribution in [0.4, 0.5) is 0 Å². The number of H-pyrrole nitrogens is 1. The number of hydrogen-bond donors (Lipinski definition) is 2. The van der Waals surface area contributed by atoms with Gasteiger partial charge >= 0.3 is 0 Å². The fourth-order valence-electron chi connectivity index (χ4n) is 3.22. The number of phenols is 1. The maximum atomic E-state index is 12.7. The average molecular weight is 365 g/mol. The summed E-state index contributed by atoms with van der Waals surface area (Å²) in [5.41, 5.74) is 5.62. The molecule has 0 fully saturated rings. The molecule has 0 radical (unpaired) electrons. The maximum absolute atomic E-state index is 12.7. The summed E-state index contributed by atoms with van der Waals surface area (Å²) in [5, 5.41) is 18.6. The van der Waals surface area contributed by atoms with Crippen molar-refractivity contribution in [2.24, 2.45) is 0 Å². The molecule has 1 aromatic heterocycles. The molecule has 0 saturated heterocycles. The highest BCUT2D eigenvalue weighted by Gasteiger charge is 2.19. The van der Waals surface area contributed by atoms with Gasteiger partial charge in [0.15, 0.2) is 0 Å². The Labute approximate surface area is 160 Å². The molecule has 0 spiro atoms. The third-order valence-corrected chi connectivity index (χ3v) is 5.13. The normalized spacial score (nSPS) is 11.1. The first kappa shape index (κ1) is 19.0. The molecule has 1 amide bonds. The second-order valence-corrected chi connectivity index (χ2v) is 7.26. The number of aromatic nitrogens is 2. The van der Waals surface area contributed by atoms with Gasteiger partial charge in [0, 0.05) is 31.5 Å². The van der Waals surface area contributed by atoms with Crippen LogP contribution in [0, 0.1) is 13.8 Å². The number of phenolic OH excluding ortho intramolecular Hbond substituents is 1. The Bertz CT molecular complexity index is 975. The molecule has 3 rings (SSSR count). The van der Waals surface area contributed by atoms with Crippen LogP contribution in [-0.2, 0) is 6.42 Å². The molecule has 2 aromatic carbocycles. The number of benzene rings is 2. The van der Waals surface area contributed by atoms with Gasteiger partial charge in [-0.1, -0.05) is 31.5 Å². The van der Waals surface area contributed by atoms with Gasteiger partial charge in [0.25, 0.3) is 5.91 Å². The summed E-state index contributed by atoms with van der Waals surface area (Å²) >= 11 is 0. The number of hydrogen-bond acceptors (Lipinski definition) is 3. The van der Waals surface area contributed by atoms with Crippen LogP contribution in [0.3, 0.4) is 0 Å². The Morgan fingerprint density at radius 2 is 1.96 bits per heavy atom. The van der Waals surface area contributed by atoms with Crippen LogP contribution in [-0.4, -0.2) is 39.7 Å². The van der Waals surface area contributed by atoms with Crippen LogP contribution >= 0.6 is 0 Å². The third kappa shape index (κ3) is 3.97. The maximum Gasteiger partial charge on any atom is 0.257 e.